The topological polar surface area (TPSA) is 140 Å². The van der Waals surface area contributed by atoms with Crippen molar-refractivity contribution in [2.24, 2.45) is 0 Å². The third-order valence-electron chi connectivity index (χ3n) is 1.84. The van der Waals surface area contributed by atoms with Gasteiger partial charge in [0.1, 0.15) is 6.73 Å². The van der Waals surface area contributed by atoms with E-state index in [1.54, 1.807) is 0 Å². The van der Waals surface area contributed by atoms with Gasteiger partial charge in [-0.1, -0.05) is 0 Å². The molecule has 2 N–H and O–H groups in total. The van der Waals surface area contributed by atoms with Gasteiger partial charge < -0.3 is 19.3 Å². The Hall–Kier alpha value is -1.09. The normalized spacial score (nSPS) is 11.8. The first-order valence-electron chi connectivity index (χ1n) is 4.78. The summed E-state index contributed by atoms with van der Waals surface area (Å²) in [5.74, 6) is 0. The third kappa shape index (κ3) is 5.05. The Morgan fingerprint density at radius 2 is 2.11 bits per heavy atom. The summed E-state index contributed by atoms with van der Waals surface area (Å²) in [7, 11) is -4.47. The molecule has 0 saturated carbocycles. The molecule has 0 spiro atoms. The first kappa shape index (κ1) is 15.0. The lowest BCUT2D eigenvalue weighted by Crippen LogP contribution is -2.31. The lowest BCUT2D eigenvalue weighted by atomic mass is 10.4. The fourth-order valence-corrected chi connectivity index (χ4v) is 1.37. The van der Waals surface area contributed by atoms with Crippen molar-refractivity contribution in [1.82, 2.24) is 9.55 Å². The smallest absolute Gasteiger partial charge is 0.330 e. The number of nitrogens with one attached hydrogen (secondary N) is 1. The van der Waals surface area contributed by atoms with Crippen LogP contribution in [-0.4, -0.2) is 27.6 Å². The molecule has 10 heteroatoms. The van der Waals surface area contributed by atoms with E-state index in [1.165, 1.54) is 13.1 Å². The van der Waals surface area contributed by atoms with Gasteiger partial charge in [-0.15, -0.1) is 0 Å². The van der Waals surface area contributed by atoms with E-state index in [0.29, 0.717) is 5.56 Å². The van der Waals surface area contributed by atoms with Gasteiger partial charge in [0.15, 0.2) is 13.1 Å². The number of hydrogen-bond donors (Lipinski definition) is 2. The van der Waals surface area contributed by atoms with E-state index in [2.05, 4.69) is 9.72 Å². The maximum atomic E-state index is 11.3. The van der Waals surface area contributed by atoms with Crippen LogP contribution in [0.3, 0.4) is 0 Å². The largest absolute Gasteiger partial charge is 0.658 e. The molecule has 0 amide bonds. The Morgan fingerprint density at radius 1 is 1.44 bits per heavy atom. The number of aryl methyl sites for hydroxylation is 1. The molecule has 0 unspecified atom stereocenters. The van der Waals surface area contributed by atoms with Crippen molar-refractivity contribution in [1.29, 1.82) is 0 Å². The average molecular weight is 279 g/mol. The fourth-order valence-electron chi connectivity index (χ4n) is 1.06. The number of rotatable bonds is 6. The summed E-state index contributed by atoms with van der Waals surface area (Å²) in [5.41, 5.74) is -0.805. The molecule has 0 aliphatic rings. The standard InChI is InChI=1S/C8H13N2O7P/c1-6-2-10(8(12)9-7(6)11)3-16-4-17-5-18(13,14)15/h2H,3-5H2,1H3,(H,9,11,12)(H2,13,14,15)/p-1. The monoisotopic (exact) mass is 279 g/mol. The molecule has 0 aliphatic heterocycles. The van der Waals surface area contributed by atoms with Gasteiger partial charge >= 0.3 is 5.69 Å². The van der Waals surface area contributed by atoms with Gasteiger partial charge in [0.2, 0.25) is 0 Å². The van der Waals surface area contributed by atoms with Crippen LogP contribution in [0.2, 0.25) is 0 Å². The highest BCUT2D eigenvalue weighted by Crippen LogP contribution is 2.32. The van der Waals surface area contributed by atoms with Crippen LogP contribution in [0.4, 0.5) is 0 Å². The number of H-pyrrole nitrogens is 1. The number of nitrogens with zero attached hydrogens (tertiary/aromatic N) is 1. The van der Waals surface area contributed by atoms with E-state index in [-0.39, 0.29) is 6.73 Å². The first-order chi connectivity index (χ1) is 8.29. The molecule has 0 aromatic carbocycles. The highest BCUT2D eigenvalue weighted by Gasteiger charge is 2.06. The minimum Gasteiger partial charge on any atom is -0.658 e. The van der Waals surface area contributed by atoms with Gasteiger partial charge in [-0.3, -0.25) is 19.2 Å². The van der Waals surface area contributed by atoms with Crippen LogP contribution < -0.4 is 21.0 Å². The number of aromatic nitrogens is 2. The van der Waals surface area contributed by atoms with E-state index >= 15 is 0 Å². The molecule has 1 aromatic rings. The highest BCUT2D eigenvalue weighted by atomic mass is 31.2. The van der Waals surface area contributed by atoms with Crippen molar-refractivity contribution < 1.29 is 24.2 Å². The Labute approximate surface area is 102 Å². The number of aromatic amines is 1. The predicted octanol–water partition coefficient (Wildman–Crippen LogP) is -2.77. The summed E-state index contributed by atoms with van der Waals surface area (Å²) in [4.78, 5) is 53.4. The summed E-state index contributed by atoms with van der Waals surface area (Å²) in [6.45, 7) is 0.882. The molecule has 0 aliphatic carbocycles. The van der Waals surface area contributed by atoms with Crippen LogP contribution in [0.15, 0.2) is 15.8 Å². The molecule has 0 bridgehead atoms. The van der Waals surface area contributed by atoms with Crippen LogP contribution in [0.1, 0.15) is 5.56 Å². The highest BCUT2D eigenvalue weighted by molar-refractivity contribution is 7.55. The molecule has 1 heterocycles. The number of ether oxygens (including phenoxy) is 2. The summed E-state index contributed by atoms with van der Waals surface area (Å²) < 4.78 is 10.4. The second kappa shape index (κ2) is 6.19. The van der Waals surface area contributed by atoms with Crippen LogP contribution in [0, 0.1) is 6.92 Å². The minimum atomic E-state index is -4.47. The van der Waals surface area contributed by atoms with Crippen molar-refractivity contribution in [3.63, 3.8) is 0 Å². The van der Waals surface area contributed by atoms with E-state index in [4.69, 9.17) is 9.63 Å². The second-order valence-electron chi connectivity index (χ2n) is 3.46. The molecular weight excluding hydrogens is 267 g/mol. The van der Waals surface area contributed by atoms with Gasteiger partial charge in [-0.05, 0) is 6.92 Å². The van der Waals surface area contributed by atoms with Gasteiger partial charge in [-0.25, -0.2) is 4.79 Å². The van der Waals surface area contributed by atoms with Gasteiger partial charge in [0, 0.05) is 11.8 Å². The lowest BCUT2D eigenvalue weighted by Gasteiger charge is -2.26. The fraction of sp³-hybridized carbons (Fsp3) is 0.500. The molecule has 0 radical (unpaired) electrons. The van der Waals surface area contributed by atoms with Crippen LogP contribution in [0.25, 0.3) is 0 Å². The molecule has 0 saturated heterocycles. The predicted molar refractivity (Wildman–Crippen MR) is 57.1 cm³/mol. The molecule has 18 heavy (non-hydrogen) atoms. The zero-order valence-corrected chi connectivity index (χ0v) is 10.4. The zero-order chi connectivity index (χ0) is 13.8. The van der Waals surface area contributed by atoms with Gasteiger partial charge in [-0.2, -0.15) is 0 Å². The summed E-state index contributed by atoms with van der Waals surface area (Å²) in [5, 5.41) is 0. The zero-order valence-electron chi connectivity index (χ0n) is 9.49. The van der Waals surface area contributed by atoms with Gasteiger partial charge in [0.05, 0.1) is 7.94 Å². The second-order valence-corrected chi connectivity index (χ2v) is 5.00. The molecule has 0 fully saturated rings. The Morgan fingerprint density at radius 3 is 2.72 bits per heavy atom. The van der Waals surface area contributed by atoms with Crippen molar-refractivity contribution in [2.75, 3.05) is 13.1 Å². The quantitative estimate of drug-likeness (QED) is 0.326. The van der Waals surface area contributed by atoms with E-state index in [1.807, 2.05) is 0 Å². The molecule has 1 rings (SSSR count). The van der Waals surface area contributed by atoms with Gasteiger partial charge in [0.25, 0.3) is 5.56 Å². The van der Waals surface area contributed by atoms with Crippen molar-refractivity contribution in [2.45, 2.75) is 13.7 Å². The molecule has 102 valence electrons. The molecular formula is C8H12N2O7P-. The molecule has 1 aromatic heterocycles. The average Bonchev–Trinajstić information content (AvgIpc) is 2.23. The van der Waals surface area contributed by atoms with Crippen LogP contribution >= 0.6 is 7.94 Å². The summed E-state index contributed by atoms with van der Waals surface area (Å²) in [6.07, 6.45) is 0.429. The minimum absolute atomic E-state index is 0.217. The summed E-state index contributed by atoms with van der Waals surface area (Å²) >= 11 is 0. The van der Waals surface area contributed by atoms with E-state index < -0.39 is 32.3 Å². The SMILES string of the molecule is Cc1cn(COCOC[P+]([O-])([O-])O)c(=O)[nH]c1=O. The first-order valence-corrected chi connectivity index (χ1v) is 6.54. The molecule has 0 atom stereocenters. The maximum Gasteiger partial charge on any atom is 0.330 e. The third-order valence-corrected chi connectivity index (χ3v) is 2.35. The van der Waals surface area contributed by atoms with Crippen molar-refractivity contribution >= 4 is 7.94 Å². The van der Waals surface area contributed by atoms with Crippen LogP contribution in [-0.2, 0) is 16.2 Å². The van der Waals surface area contributed by atoms with E-state index in [9.17, 15) is 19.4 Å². The van der Waals surface area contributed by atoms with E-state index in [0.717, 1.165) is 4.57 Å². The molecule has 9 nitrogen and oxygen atoms in total. The maximum absolute atomic E-state index is 11.3. The Balaban J connectivity index is 2.43. The Bertz CT molecular complexity index is 503. The van der Waals surface area contributed by atoms with Crippen molar-refractivity contribution in [3.05, 3.63) is 32.6 Å². The lowest BCUT2D eigenvalue weighted by molar-refractivity contribution is -0.337. The number of hydrogen-bond acceptors (Lipinski definition) is 7. The van der Waals surface area contributed by atoms with Crippen molar-refractivity contribution in [3.8, 4) is 0 Å². The van der Waals surface area contributed by atoms with Crippen LogP contribution in [0.5, 0.6) is 0 Å². The summed E-state index contributed by atoms with van der Waals surface area (Å²) in [6, 6.07) is 0. The Kier molecular flexibility index (Phi) is 5.15.